The molecule has 5 nitrogen and oxygen atoms in total. The number of carboxylic acids is 1. The second-order valence-electron chi connectivity index (χ2n) is 6.59. The Labute approximate surface area is 141 Å². The minimum atomic E-state index is -0.874. The normalized spacial score (nSPS) is 13.1. The maximum absolute atomic E-state index is 11.0. The van der Waals surface area contributed by atoms with Crippen LogP contribution in [0, 0.1) is 0 Å². The van der Waals surface area contributed by atoms with Crippen molar-refractivity contribution in [1.29, 1.82) is 0 Å². The summed E-state index contributed by atoms with van der Waals surface area (Å²) in [6, 6.07) is 6.88. The third-order valence-corrected chi connectivity index (χ3v) is 3.89. The van der Waals surface area contributed by atoms with Crippen molar-refractivity contribution in [2.75, 3.05) is 0 Å². The fraction of sp³-hybridized carbons (Fsp3) is 0.412. The predicted octanol–water partition coefficient (Wildman–Crippen LogP) is 3.39. The smallest absolute Gasteiger partial charge is 0.320 e. The second-order valence-corrected chi connectivity index (χ2v) is 7.00. The molecule has 0 saturated heterocycles. The monoisotopic (exact) mass is 335 g/mol. The molecule has 6 heteroatoms. The van der Waals surface area contributed by atoms with Crippen LogP contribution in [-0.2, 0) is 16.8 Å². The quantitative estimate of drug-likeness (QED) is 0.879. The first kappa shape index (κ1) is 17.5. The highest BCUT2D eigenvalue weighted by atomic mass is 35.5. The summed E-state index contributed by atoms with van der Waals surface area (Å²) < 4.78 is 1.76. The molecule has 0 bridgehead atoms. The molecular formula is C17H22ClN3O2. The van der Waals surface area contributed by atoms with E-state index in [0.29, 0.717) is 11.6 Å². The molecule has 1 aromatic heterocycles. The number of aliphatic carboxylic acids is 1. The number of nitrogens with zero attached hydrogens (tertiary/aromatic N) is 2. The molecule has 2 rings (SSSR count). The van der Waals surface area contributed by atoms with E-state index in [1.807, 2.05) is 30.5 Å². The molecule has 1 aromatic carbocycles. The third-order valence-electron chi connectivity index (χ3n) is 3.57. The molecule has 0 fully saturated rings. The third kappa shape index (κ3) is 4.12. The largest absolute Gasteiger partial charge is 0.480 e. The van der Waals surface area contributed by atoms with E-state index < -0.39 is 12.0 Å². The average molecular weight is 336 g/mol. The summed E-state index contributed by atoms with van der Waals surface area (Å²) in [6.07, 6.45) is 1.91. The van der Waals surface area contributed by atoms with Crippen molar-refractivity contribution in [3.63, 3.8) is 0 Å². The summed E-state index contributed by atoms with van der Waals surface area (Å²) >= 11 is 6.25. The molecular weight excluding hydrogens is 314 g/mol. The van der Waals surface area contributed by atoms with Crippen LogP contribution in [0.3, 0.4) is 0 Å². The van der Waals surface area contributed by atoms with Crippen molar-refractivity contribution < 1.29 is 9.90 Å². The van der Waals surface area contributed by atoms with Crippen LogP contribution in [0.15, 0.2) is 30.5 Å². The molecule has 23 heavy (non-hydrogen) atoms. The summed E-state index contributed by atoms with van der Waals surface area (Å²) in [6.45, 7) is 8.30. The van der Waals surface area contributed by atoms with E-state index in [1.165, 1.54) is 0 Å². The van der Waals surface area contributed by atoms with Crippen molar-refractivity contribution >= 4 is 17.6 Å². The van der Waals surface area contributed by atoms with Crippen LogP contribution >= 0.6 is 11.6 Å². The van der Waals surface area contributed by atoms with Crippen molar-refractivity contribution in [2.24, 2.45) is 0 Å². The summed E-state index contributed by atoms with van der Waals surface area (Å²) in [4.78, 5) is 11.0. The summed E-state index contributed by atoms with van der Waals surface area (Å²) in [5.74, 6) is -0.874. The van der Waals surface area contributed by atoms with Crippen molar-refractivity contribution in [2.45, 2.75) is 45.7 Å². The van der Waals surface area contributed by atoms with Crippen LogP contribution in [0.5, 0.6) is 0 Å². The van der Waals surface area contributed by atoms with Gasteiger partial charge in [-0.3, -0.25) is 4.79 Å². The SMILES string of the molecule is C[C@@H](NCc1cn(-c2ccccc2Cl)nc1C(C)(C)C)C(=O)O. The number of carbonyl (C=O) groups is 1. The highest BCUT2D eigenvalue weighted by molar-refractivity contribution is 6.32. The molecule has 0 aliphatic rings. The van der Waals surface area contributed by atoms with Crippen molar-refractivity contribution in [1.82, 2.24) is 15.1 Å². The maximum Gasteiger partial charge on any atom is 0.320 e. The lowest BCUT2D eigenvalue weighted by molar-refractivity contribution is -0.139. The van der Waals surface area contributed by atoms with Gasteiger partial charge >= 0.3 is 5.97 Å². The van der Waals surface area contributed by atoms with Gasteiger partial charge < -0.3 is 10.4 Å². The molecule has 0 aliphatic heterocycles. The number of nitrogens with one attached hydrogen (secondary N) is 1. The number of aromatic nitrogens is 2. The van der Waals surface area contributed by atoms with Gasteiger partial charge in [-0.25, -0.2) is 4.68 Å². The predicted molar refractivity (Wildman–Crippen MR) is 91.2 cm³/mol. The molecule has 0 saturated carbocycles. The van der Waals surface area contributed by atoms with Gasteiger partial charge in [-0.2, -0.15) is 5.10 Å². The van der Waals surface area contributed by atoms with Crippen LogP contribution in [-0.4, -0.2) is 26.9 Å². The Kier molecular flexibility index (Phi) is 5.12. The lowest BCUT2D eigenvalue weighted by Crippen LogP contribution is -2.33. The van der Waals surface area contributed by atoms with Gasteiger partial charge in [-0.1, -0.05) is 44.5 Å². The Morgan fingerprint density at radius 2 is 2.04 bits per heavy atom. The zero-order chi connectivity index (χ0) is 17.2. The fourth-order valence-corrected chi connectivity index (χ4v) is 2.50. The number of carboxylic acid groups (broad SMARTS) is 1. The Balaban J connectivity index is 2.37. The van der Waals surface area contributed by atoms with Crippen molar-refractivity contribution in [3.05, 3.63) is 46.7 Å². The van der Waals surface area contributed by atoms with Crippen LogP contribution in [0.2, 0.25) is 5.02 Å². The molecule has 0 amide bonds. The van der Waals surface area contributed by atoms with Gasteiger partial charge in [0.1, 0.15) is 6.04 Å². The number of hydrogen-bond acceptors (Lipinski definition) is 3. The second kappa shape index (κ2) is 6.72. The summed E-state index contributed by atoms with van der Waals surface area (Å²) in [7, 11) is 0. The van der Waals surface area contributed by atoms with E-state index >= 15 is 0 Å². The molecule has 124 valence electrons. The van der Waals surface area contributed by atoms with Crippen LogP contribution in [0.1, 0.15) is 39.0 Å². The van der Waals surface area contributed by atoms with Crippen molar-refractivity contribution in [3.8, 4) is 5.69 Å². The van der Waals surface area contributed by atoms with Crippen LogP contribution < -0.4 is 5.32 Å². The lowest BCUT2D eigenvalue weighted by Gasteiger charge is -2.18. The average Bonchev–Trinajstić information content (AvgIpc) is 2.89. The van der Waals surface area contributed by atoms with Gasteiger partial charge in [-0.05, 0) is 19.1 Å². The van der Waals surface area contributed by atoms with E-state index in [9.17, 15) is 4.79 Å². The molecule has 0 spiro atoms. The first-order valence-electron chi connectivity index (χ1n) is 7.50. The molecule has 1 atom stereocenters. The van der Waals surface area contributed by atoms with Gasteiger partial charge in [0.2, 0.25) is 0 Å². The first-order valence-corrected chi connectivity index (χ1v) is 7.88. The van der Waals surface area contributed by atoms with Crippen LogP contribution in [0.4, 0.5) is 0 Å². The standard InChI is InChI=1S/C17H22ClN3O2/c1-11(16(22)23)19-9-12-10-21(20-15(12)17(2,3)4)14-8-6-5-7-13(14)18/h5-8,10-11,19H,9H2,1-4H3,(H,22,23)/t11-/m1/s1. The number of halogens is 1. The molecule has 1 heterocycles. The zero-order valence-electron chi connectivity index (χ0n) is 13.8. The highest BCUT2D eigenvalue weighted by Crippen LogP contribution is 2.27. The topological polar surface area (TPSA) is 67.2 Å². The minimum Gasteiger partial charge on any atom is -0.480 e. The number of para-hydroxylation sites is 1. The Morgan fingerprint density at radius 3 is 2.61 bits per heavy atom. The van der Waals surface area contributed by atoms with E-state index in [1.54, 1.807) is 11.6 Å². The molecule has 2 N–H and O–H groups in total. The van der Waals surface area contributed by atoms with Gasteiger partial charge in [0.15, 0.2) is 0 Å². The van der Waals surface area contributed by atoms with Crippen LogP contribution in [0.25, 0.3) is 5.69 Å². The number of benzene rings is 1. The van der Waals surface area contributed by atoms with E-state index in [0.717, 1.165) is 16.9 Å². The Hall–Kier alpha value is -1.85. The molecule has 2 aromatic rings. The zero-order valence-corrected chi connectivity index (χ0v) is 14.6. The van der Waals surface area contributed by atoms with E-state index in [2.05, 4.69) is 31.2 Å². The first-order chi connectivity index (χ1) is 10.7. The number of hydrogen-bond donors (Lipinski definition) is 2. The van der Waals surface area contributed by atoms with E-state index in [4.69, 9.17) is 16.7 Å². The highest BCUT2D eigenvalue weighted by Gasteiger charge is 2.23. The molecule has 0 unspecified atom stereocenters. The lowest BCUT2D eigenvalue weighted by atomic mass is 9.89. The van der Waals surface area contributed by atoms with Gasteiger partial charge in [0, 0.05) is 23.7 Å². The molecule has 0 aliphatic carbocycles. The minimum absolute atomic E-state index is 0.157. The Morgan fingerprint density at radius 1 is 1.39 bits per heavy atom. The fourth-order valence-electron chi connectivity index (χ4n) is 2.28. The maximum atomic E-state index is 11.0. The summed E-state index contributed by atoms with van der Waals surface area (Å²) in [5.41, 5.74) is 2.53. The molecule has 0 radical (unpaired) electrons. The van der Waals surface area contributed by atoms with Gasteiger partial charge in [0.05, 0.1) is 16.4 Å². The van der Waals surface area contributed by atoms with Gasteiger partial charge in [-0.15, -0.1) is 0 Å². The van der Waals surface area contributed by atoms with E-state index in [-0.39, 0.29) is 5.41 Å². The summed E-state index contributed by atoms with van der Waals surface area (Å²) in [5, 5.41) is 17.3. The Bertz CT molecular complexity index is 704. The van der Waals surface area contributed by atoms with Gasteiger partial charge in [0.25, 0.3) is 0 Å². The number of rotatable bonds is 5.